The van der Waals surface area contributed by atoms with Gasteiger partial charge in [-0.2, -0.15) is 0 Å². The summed E-state index contributed by atoms with van der Waals surface area (Å²) in [7, 11) is 0. The van der Waals surface area contributed by atoms with E-state index in [4.69, 9.17) is 4.42 Å². The van der Waals surface area contributed by atoms with Gasteiger partial charge in [0.15, 0.2) is 5.76 Å². The highest BCUT2D eigenvalue weighted by Crippen LogP contribution is 2.36. The van der Waals surface area contributed by atoms with Crippen molar-refractivity contribution in [2.24, 2.45) is 0 Å². The number of hydrogen-bond acceptors (Lipinski definition) is 5. The van der Waals surface area contributed by atoms with E-state index in [-0.39, 0.29) is 22.5 Å². The fourth-order valence-corrected chi connectivity index (χ4v) is 2.84. The van der Waals surface area contributed by atoms with Crippen LogP contribution in [0.4, 0.5) is 0 Å². The first-order valence-corrected chi connectivity index (χ1v) is 6.49. The second-order valence-corrected chi connectivity index (χ2v) is 5.14. The van der Waals surface area contributed by atoms with Crippen molar-refractivity contribution in [3.63, 3.8) is 0 Å². The molecule has 0 bridgehead atoms. The van der Waals surface area contributed by atoms with E-state index in [1.807, 2.05) is 18.4 Å². The van der Waals surface area contributed by atoms with Crippen molar-refractivity contribution >= 4 is 22.3 Å². The van der Waals surface area contributed by atoms with E-state index in [1.165, 1.54) is 29.5 Å². The van der Waals surface area contributed by atoms with E-state index in [2.05, 4.69) is 0 Å². The zero-order chi connectivity index (χ0) is 13.6. The lowest BCUT2D eigenvalue weighted by atomic mass is 10.1. The summed E-state index contributed by atoms with van der Waals surface area (Å²) in [5.74, 6) is -0.241. The summed E-state index contributed by atoms with van der Waals surface area (Å²) < 4.78 is 5.58. The van der Waals surface area contributed by atoms with Crippen LogP contribution in [-0.2, 0) is 0 Å². The number of thiophene rings is 1. The number of phenols is 1. The van der Waals surface area contributed by atoms with Crippen molar-refractivity contribution in [1.82, 2.24) is 0 Å². The molecule has 96 valence electrons. The van der Waals surface area contributed by atoms with Gasteiger partial charge in [0.2, 0.25) is 11.2 Å². The van der Waals surface area contributed by atoms with Crippen LogP contribution in [-0.4, -0.2) is 10.2 Å². The molecule has 0 fully saturated rings. The number of fused-ring (bicyclic) bond motifs is 1. The Kier molecular flexibility index (Phi) is 2.57. The molecule has 0 amide bonds. The number of rotatable bonds is 1. The lowest BCUT2D eigenvalue weighted by Gasteiger charge is -2.05. The highest BCUT2D eigenvalue weighted by atomic mass is 32.1. The van der Waals surface area contributed by atoms with Crippen LogP contribution in [0.25, 0.3) is 21.6 Å². The van der Waals surface area contributed by atoms with E-state index in [0.29, 0.717) is 4.88 Å². The summed E-state index contributed by atoms with van der Waals surface area (Å²) in [5, 5.41) is 21.5. The molecule has 0 aliphatic heterocycles. The van der Waals surface area contributed by atoms with Crippen molar-refractivity contribution in [3.8, 4) is 22.1 Å². The molecular weight excluding hydrogens is 264 g/mol. The Morgan fingerprint density at radius 2 is 2.00 bits per heavy atom. The summed E-state index contributed by atoms with van der Waals surface area (Å²) >= 11 is 1.38. The summed E-state index contributed by atoms with van der Waals surface area (Å²) in [4.78, 5) is 12.8. The molecule has 0 unspecified atom stereocenters. The van der Waals surface area contributed by atoms with E-state index >= 15 is 0 Å². The first-order valence-electron chi connectivity index (χ1n) is 5.61. The van der Waals surface area contributed by atoms with Crippen LogP contribution in [0, 0.1) is 6.92 Å². The Labute approximate surface area is 112 Å². The maximum atomic E-state index is 12.1. The van der Waals surface area contributed by atoms with E-state index < -0.39 is 11.2 Å². The maximum absolute atomic E-state index is 12.1. The molecule has 2 heterocycles. The van der Waals surface area contributed by atoms with Gasteiger partial charge in [-0.25, -0.2) is 0 Å². The van der Waals surface area contributed by atoms with Crippen LogP contribution in [0.2, 0.25) is 0 Å². The van der Waals surface area contributed by atoms with E-state index in [1.54, 1.807) is 0 Å². The van der Waals surface area contributed by atoms with Crippen molar-refractivity contribution in [2.45, 2.75) is 6.92 Å². The molecule has 0 aliphatic rings. The smallest absolute Gasteiger partial charge is 0.235 e. The third-order valence-corrected chi connectivity index (χ3v) is 3.94. The van der Waals surface area contributed by atoms with Crippen molar-refractivity contribution in [2.75, 3.05) is 0 Å². The number of phenolic OH excluding ortho intramolecular Hbond substituents is 1. The number of hydrogen-bond donors (Lipinski definition) is 2. The first kappa shape index (κ1) is 11.8. The van der Waals surface area contributed by atoms with Gasteiger partial charge in [-0.05, 0) is 36.1 Å². The van der Waals surface area contributed by atoms with Gasteiger partial charge in [0, 0.05) is 6.07 Å². The predicted molar refractivity (Wildman–Crippen MR) is 73.9 cm³/mol. The number of aromatic hydroxyl groups is 2. The fourth-order valence-electron chi connectivity index (χ4n) is 1.93. The van der Waals surface area contributed by atoms with Crippen molar-refractivity contribution < 1.29 is 14.6 Å². The van der Waals surface area contributed by atoms with Gasteiger partial charge < -0.3 is 14.6 Å². The molecular formula is C14H10O4S. The lowest BCUT2D eigenvalue weighted by molar-refractivity contribution is 0.447. The molecule has 0 aliphatic carbocycles. The molecule has 0 atom stereocenters. The molecule has 1 aromatic carbocycles. The van der Waals surface area contributed by atoms with Gasteiger partial charge in [0.1, 0.15) is 11.3 Å². The van der Waals surface area contributed by atoms with Gasteiger partial charge in [-0.15, -0.1) is 11.3 Å². The zero-order valence-electron chi connectivity index (χ0n) is 10.0. The van der Waals surface area contributed by atoms with E-state index in [0.717, 1.165) is 5.56 Å². The normalized spacial score (nSPS) is 11.0. The second kappa shape index (κ2) is 4.13. The quantitative estimate of drug-likeness (QED) is 0.714. The van der Waals surface area contributed by atoms with Crippen LogP contribution in [0.5, 0.6) is 11.5 Å². The number of aryl methyl sites for hydroxylation is 1. The highest BCUT2D eigenvalue weighted by molar-refractivity contribution is 7.13. The molecule has 0 saturated heterocycles. The average Bonchev–Trinajstić information content (AvgIpc) is 2.80. The third kappa shape index (κ3) is 1.79. The Hall–Kier alpha value is -2.27. The first-order chi connectivity index (χ1) is 9.08. The zero-order valence-corrected chi connectivity index (χ0v) is 10.8. The SMILES string of the molecule is Cc1ccsc1-c1oc2cc(O)ccc2c(=O)c1O. The summed E-state index contributed by atoms with van der Waals surface area (Å²) in [6, 6.07) is 6.06. The topological polar surface area (TPSA) is 70.7 Å². The fraction of sp³-hybridized carbons (Fsp3) is 0.0714. The van der Waals surface area contributed by atoms with Gasteiger partial charge in [0.05, 0.1) is 10.3 Å². The third-order valence-electron chi connectivity index (χ3n) is 2.92. The van der Waals surface area contributed by atoms with Crippen LogP contribution in [0.3, 0.4) is 0 Å². The minimum absolute atomic E-state index is 0.00944. The Bertz CT molecular complexity index is 829. The van der Waals surface area contributed by atoms with Crippen molar-refractivity contribution in [1.29, 1.82) is 0 Å². The molecule has 0 saturated carbocycles. The van der Waals surface area contributed by atoms with Crippen LogP contribution in [0.1, 0.15) is 5.56 Å². The van der Waals surface area contributed by atoms with Gasteiger partial charge in [0.25, 0.3) is 0 Å². The van der Waals surface area contributed by atoms with Crippen LogP contribution < -0.4 is 5.43 Å². The minimum Gasteiger partial charge on any atom is -0.508 e. The van der Waals surface area contributed by atoms with Gasteiger partial charge in [-0.1, -0.05) is 0 Å². The van der Waals surface area contributed by atoms with Crippen LogP contribution in [0.15, 0.2) is 38.9 Å². The molecule has 3 aromatic rings. The highest BCUT2D eigenvalue weighted by Gasteiger charge is 2.17. The minimum atomic E-state index is -0.496. The van der Waals surface area contributed by atoms with Gasteiger partial charge in [-0.3, -0.25) is 4.79 Å². The average molecular weight is 274 g/mol. The largest absolute Gasteiger partial charge is 0.508 e. The maximum Gasteiger partial charge on any atom is 0.235 e. The Balaban J connectivity index is 2.41. The molecule has 2 aromatic heterocycles. The second-order valence-electron chi connectivity index (χ2n) is 4.22. The lowest BCUT2D eigenvalue weighted by Crippen LogP contribution is -2.02. The summed E-state index contributed by atoms with van der Waals surface area (Å²) in [6.45, 7) is 1.87. The molecule has 5 heteroatoms. The summed E-state index contributed by atoms with van der Waals surface area (Å²) in [6.07, 6.45) is 0. The standard InChI is InChI=1S/C14H10O4S/c1-7-4-5-19-14(7)13-12(17)11(16)9-3-2-8(15)6-10(9)18-13/h2-6,15,17H,1H3. The van der Waals surface area contributed by atoms with Gasteiger partial charge >= 0.3 is 0 Å². The molecule has 0 radical (unpaired) electrons. The Morgan fingerprint density at radius 1 is 1.21 bits per heavy atom. The molecule has 0 spiro atoms. The molecule has 4 nitrogen and oxygen atoms in total. The molecule has 2 N–H and O–H groups in total. The summed E-state index contributed by atoms with van der Waals surface area (Å²) in [5.41, 5.74) is 0.678. The number of benzene rings is 1. The Morgan fingerprint density at radius 3 is 2.68 bits per heavy atom. The predicted octanol–water partition coefficient (Wildman–Crippen LogP) is 3.24. The van der Waals surface area contributed by atoms with Crippen molar-refractivity contribution in [3.05, 3.63) is 45.4 Å². The molecule has 3 rings (SSSR count). The van der Waals surface area contributed by atoms with E-state index in [9.17, 15) is 15.0 Å². The monoisotopic (exact) mass is 274 g/mol. The molecule has 19 heavy (non-hydrogen) atoms. The van der Waals surface area contributed by atoms with Crippen LogP contribution >= 0.6 is 11.3 Å².